The Morgan fingerprint density at radius 1 is 0.625 bits per heavy atom. The van der Waals surface area contributed by atoms with E-state index in [1.54, 1.807) is 23.1 Å². The van der Waals surface area contributed by atoms with Crippen LogP contribution in [0.1, 0.15) is 0 Å². The second-order valence-corrected chi connectivity index (χ2v) is 12.2. The Hall–Kier alpha value is -6.59. The van der Waals surface area contributed by atoms with E-state index in [1.807, 2.05) is 125 Å². The zero-order valence-electron chi connectivity index (χ0n) is 25.1. The largest absolute Gasteiger partial charge is 0.507 e. The number of aromatic nitrogens is 7. The molecule has 9 aromatic rings. The van der Waals surface area contributed by atoms with Crippen molar-refractivity contribution in [2.75, 3.05) is 4.90 Å². The smallest absolute Gasteiger partial charge is 0.234 e. The van der Waals surface area contributed by atoms with E-state index in [0.717, 1.165) is 37.6 Å². The molecule has 230 valence electrons. The molecule has 9 rings (SSSR count). The molecule has 11 heteroatoms. The van der Waals surface area contributed by atoms with Gasteiger partial charge in [0.15, 0.2) is 0 Å². The summed E-state index contributed by atoms with van der Waals surface area (Å²) in [6.07, 6.45) is 5.38. The fourth-order valence-corrected chi connectivity index (χ4v) is 6.82. The average molecular weight is 645 g/mol. The lowest BCUT2D eigenvalue weighted by Crippen LogP contribution is -2.10. The van der Waals surface area contributed by atoms with Gasteiger partial charge in [-0.05, 0) is 78.9 Å². The van der Waals surface area contributed by atoms with Gasteiger partial charge in [0.05, 0.1) is 27.2 Å². The molecule has 4 heterocycles. The standard InChI is InChI=1S/C37H24N8O2S/c46-33-20-25(14-16-27(33)32-22-43-19-5-18-38-37(43)40-32)44(23-10-12-24(13-11-23)45-41-29-6-1-2-7-30(29)42-45)26-15-17-28(34(47)21-26)36-39-31-8-3-4-9-35(31)48-36/h1-22,46-47H. The van der Waals surface area contributed by atoms with Gasteiger partial charge in [0.25, 0.3) is 0 Å². The number of benzene rings is 5. The van der Waals surface area contributed by atoms with Crippen molar-refractivity contribution in [3.8, 4) is 39.0 Å². The summed E-state index contributed by atoms with van der Waals surface area (Å²) in [4.78, 5) is 17.2. The van der Waals surface area contributed by atoms with Gasteiger partial charge in [-0.3, -0.25) is 4.40 Å². The van der Waals surface area contributed by atoms with E-state index in [-0.39, 0.29) is 11.5 Å². The van der Waals surface area contributed by atoms with Gasteiger partial charge in [-0.25, -0.2) is 15.0 Å². The number of phenolic OH excluding ortho intramolecular Hbond substituents is 2. The van der Waals surface area contributed by atoms with Gasteiger partial charge in [-0.1, -0.05) is 24.3 Å². The van der Waals surface area contributed by atoms with E-state index in [2.05, 4.69) is 20.2 Å². The second-order valence-electron chi connectivity index (χ2n) is 11.2. The molecular weight excluding hydrogens is 621 g/mol. The third-order valence-electron chi connectivity index (χ3n) is 8.14. The van der Waals surface area contributed by atoms with Crippen molar-refractivity contribution in [1.29, 1.82) is 0 Å². The molecule has 0 bridgehead atoms. The zero-order valence-corrected chi connectivity index (χ0v) is 25.9. The van der Waals surface area contributed by atoms with Gasteiger partial charge in [0.2, 0.25) is 5.78 Å². The van der Waals surface area contributed by atoms with E-state index >= 15 is 0 Å². The van der Waals surface area contributed by atoms with Gasteiger partial charge < -0.3 is 15.1 Å². The van der Waals surface area contributed by atoms with Crippen molar-refractivity contribution < 1.29 is 10.2 Å². The highest BCUT2D eigenvalue weighted by atomic mass is 32.1. The summed E-state index contributed by atoms with van der Waals surface area (Å²) in [6, 6.07) is 36.3. The molecule has 0 aliphatic carbocycles. The molecule has 0 aliphatic rings. The molecule has 5 aromatic carbocycles. The number of nitrogens with zero attached hydrogens (tertiary/aromatic N) is 8. The number of imidazole rings is 1. The van der Waals surface area contributed by atoms with Crippen LogP contribution in [-0.2, 0) is 0 Å². The van der Waals surface area contributed by atoms with Crippen LogP contribution in [0.5, 0.6) is 11.5 Å². The Morgan fingerprint density at radius 2 is 1.27 bits per heavy atom. The summed E-state index contributed by atoms with van der Waals surface area (Å²) in [5.41, 5.74) is 7.29. The van der Waals surface area contributed by atoms with Crippen LogP contribution in [0, 0.1) is 0 Å². The Labute approximate surface area is 277 Å². The quantitative estimate of drug-likeness (QED) is 0.186. The number of hydrogen-bond donors (Lipinski definition) is 2. The summed E-state index contributed by atoms with van der Waals surface area (Å²) in [6.45, 7) is 0. The van der Waals surface area contributed by atoms with Crippen molar-refractivity contribution in [2.45, 2.75) is 0 Å². The summed E-state index contributed by atoms with van der Waals surface area (Å²) in [5, 5.41) is 32.6. The van der Waals surface area contributed by atoms with E-state index < -0.39 is 0 Å². The number of hydrogen-bond acceptors (Lipinski definition) is 9. The first-order chi connectivity index (χ1) is 23.6. The van der Waals surface area contributed by atoms with Gasteiger partial charge >= 0.3 is 0 Å². The predicted molar refractivity (Wildman–Crippen MR) is 187 cm³/mol. The zero-order chi connectivity index (χ0) is 32.2. The van der Waals surface area contributed by atoms with E-state index in [4.69, 9.17) is 4.98 Å². The lowest BCUT2D eigenvalue weighted by molar-refractivity contribution is 0.477. The van der Waals surface area contributed by atoms with Crippen LogP contribution in [-0.4, -0.2) is 44.6 Å². The van der Waals surface area contributed by atoms with Crippen molar-refractivity contribution in [3.63, 3.8) is 0 Å². The van der Waals surface area contributed by atoms with Crippen LogP contribution in [0.15, 0.2) is 134 Å². The molecule has 0 atom stereocenters. The molecule has 0 fully saturated rings. The Kier molecular flexibility index (Phi) is 6.37. The third-order valence-corrected chi connectivity index (χ3v) is 9.21. The van der Waals surface area contributed by atoms with Gasteiger partial charge in [0, 0.05) is 53.3 Å². The number of phenols is 2. The molecule has 0 saturated heterocycles. The van der Waals surface area contributed by atoms with Crippen LogP contribution in [0.2, 0.25) is 0 Å². The number of fused-ring (bicyclic) bond motifs is 3. The van der Waals surface area contributed by atoms with Gasteiger partial charge in [-0.15, -0.1) is 21.5 Å². The first kappa shape index (κ1) is 27.7. The van der Waals surface area contributed by atoms with E-state index in [0.29, 0.717) is 34.0 Å². The number of para-hydroxylation sites is 1. The highest BCUT2D eigenvalue weighted by molar-refractivity contribution is 7.21. The van der Waals surface area contributed by atoms with E-state index in [9.17, 15) is 10.2 Å². The van der Waals surface area contributed by atoms with Crippen molar-refractivity contribution >= 4 is 55.4 Å². The van der Waals surface area contributed by atoms with Crippen LogP contribution in [0.3, 0.4) is 0 Å². The molecule has 10 nitrogen and oxygen atoms in total. The minimum Gasteiger partial charge on any atom is -0.507 e. The molecular formula is C37H24N8O2S. The topological polar surface area (TPSA) is 117 Å². The van der Waals surface area contributed by atoms with Crippen molar-refractivity contribution in [3.05, 3.63) is 134 Å². The maximum atomic E-state index is 11.3. The van der Waals surface area contributed by atoms with Crippen LogP contribution in [0.25, 0.3) is 54.5 Å². The molecule has 0 radical (unpaired) electrons. The number of anilines is 3. The van der Waals surface area contributed by atoms with Crippen LogP contribution >= 0.6 is 11.3 Å². The molecule has 0 saturated carbocycles. The Bertz CT molecular complexity index is 2400. The van der Waals surface area contributed by atoms with Crippen molar-refractivity contribution in [2.24, 2.45) is 0 Å². The van der Waals surface area contributed by atoms with Crippen LogP contribution < -0.4 is 4.90 Å². The summed E-state index contributed by atoms with van der Waals surface area (Å²) in [7, 11) is 0. The number of rotatable bonds is 6. The highest BCUT2D eigenvalue weighted by Crippen LogP contribution is 2.43. The Morgan fingerprint density at radius 3 is 1.94 bits per heavy atom. The number of thiazole rings is 1. The summed E-state index contributed by atoms with van der Waals surface area (Å²) >= 11 is 1.53. The summed E-state index contributed by atoms with van der Waals surface area (Å²) < 4.78 is 2.86. The highest BCUT2D eigenvalue weighted by Gasteiger charge is 2.19. The normalized spacial score (nSPS) is 11.5. The first-order valence-electron chi connectivity index (χ1n) is 15.1. The van der Waals surface area contributed by atoms with Crippen molar-refractivity contribution in [1.82, 2.24) is 34.3 Å². The maximum absolute atomic E-state index is 11.3. The van der Waals surface area contributed by atoms with Crippen LogP contribution in [0.4, 0.5) is 17.1 Å². The molecule has 0 aliphatic heterocycles. The average Bonchev–Trinajstić information content (AvgIpc) is 3.85. The van der Waals surface area contributed by atoms with E-state index in [1.165, 1.54) is 11.3 Å². The number of aromatic hydroxyl groups is 2. The fourth-order valence-electron chi connectivity index (χ4n) is 5.82. The SMILES string of the molecule is Oc1cc(N(c2ccc(-n3nc4ccccc4n3)cc2)c2ccc(-c3nc4ccccc4s3)c(O)c2)ccc1-c1cn2cccnc2n1. The lowest BCUT2D eigenvalue weighted by atomic mass is 10.1. The summed E-state index contributed by atoms with van der Waals surface area (Å²) in [5.74, 6) is 0.694. The minimum absolute atomic E-state index is 0.0558. The lowest BCUT2D eigenvalue weighted by Gasteiger charge is -2.26. The molecule has 0 amide bonds. The fraction of sp³-hybridized carbons (Fsp3) is 0. The Balaban J connectivity index is 1.13. The van der Waals surface area contributed by atoms with Gasteiger partial charge in [-0.2, -0.15) is 4.80 Å². The molecule has 4 aromatic heterocycles. The monoisotopic (exact) mass is 644 g/mol. The van der Waals surface area contributed by atoms with Gasteiger partial charge in [0.1, 0.15) is 27.5 Å². The third kappa shape index (κ3) is 4.77. The molecule has 0 spiro atoms. The minimum atomic E-state index is 0.0558. The first-order valence-corrected chi connectivity index (χ1v) is 15.9. The maximum Gasteiger partial charge on any atom is 0.234 e. The molecule has 0 unspecified atom stereocenters. The predicted octanol–water partition coefficient (Wildman–Crippen LogP) is 8.29. The second kappa shape index (κ2) is 11.0. The molecule has 48 heavy (non-hydrogen) atoms. The molecule has 2 N–H and O–H groups in total.